The van der Waals surface area contributed by atoms with Gasteiger partial charge in [-0.3, -0.25) is 18.8 Å². The molecule has 2 aromatic rings. The first-order chi connectivity index (χ1) is 16.1. The van der Waals surface area contributed by atoms with Crippen LogP contribution in [-0.4, -0.2) is 63.6 Å². The number of nitrogens with one attached hydrogen (secondary N) is 1. The van der Waals surface area contributed by atoms with Crippen LogP contribution in [-0.2, 0) is 26.8 Å². The maximum atomic E-state index is 13.3. The van der Waals surface area contributed by atoms with Gasteiger partial charge < -0.3 is 14.8 Å². The Bertz CT molecular complexity index is 1340. The number of hydrogen-bond acceptors (Lipinski definition) is 7. The van der Waals surface area contributed by atoms with E-state index in [1.54, 1.807) is 37.3 Å². The molecular weight excluding hydrogens is 462 g/mol. The number of nitrogens with zero attached hydrogens (tertiary/aromatic N) is 2. The van der Waals surface area contributed by atoms with Crippen molar-refractivity contribution < 1.29 is 32.3 Å². The van der Waals surface area contributed by atoms with Gasteiger partial charge in [0.2, 0.25) is 10.0 Å². The lowest BCUT2D eigenvalue weighted by molar-refractivity contribution is -0.130. The van der Waals surface area contributed by atoms with Crippen LogP contribution in [0.15, 0.2) is 36.4 Å². The first-order valence-corrected chi connectivity index (χ1v) is 12.6. The molecule has 178 valence electrons. The van der Waals surface area contributed by atoms with Crippen molar-refractivity contribution in [1.29, 1.82) is 0 Å². The summed E-state index contributed by atoms with van der Waals surface area (Å²) in [6.45, 7) is 2.28. The number of hydrogen-bond donors (Lipinski definition) is 1. The topological polar surface area (TPSA) is 122 Å². The fourth-order valence-electron chi connectivity index (χ4n) is 4.51. The molecular formula is C23H23N3O7S. The summed E-state index contributed by atoms with van der Waals surface area (Å²) in [6.07, 6.45) is 1.62. The van der Waals surface area contributed by atoms with E-state index in [1.807, 2.05) is 0 Å². The normalized spacial score (nSPS) is 21.5. The summed E-state index contributed by atoms with van der Waals surface area (Å²) < 4.78 is 36.3. The number of rotatable bonds is 5. The van der Waals surface area contributed by atoms with Gasteiger partial charge in [0.25, 0.3) is 5.91 Å². The molecule has 3 heterocycles. The van der Waals surface area contributed by atoms with Crippen molar-refractivity contribution in [3.63, 3.8) is 0 Å². The number of ether oxygens (including phenoxy) is 2. The van der Waals surface area contributed by atoms with Gasteiger partial charge in [0.05, 0.1) is 18.5 Å². The van der Waals surface area contributed by atoms with Crippen molar-refractivity contribution >= 4 is 33.4 Å². The van der Waals surface area contributed by atoms with Crippen molar-refractivity contribution in [3.8, 4) is 11.5 Å². The number of amides is 3. The van der Waals surface area contributed by atoms with Crippen LogP contribution in [0.5, 0.6) is 11.5 Å². The highest BCUT2D eigenvalue weighted by Gasteiger charge is 2.50. The molecule has 2 aromatic carbocycles. The van der Waals surface area contributed by atoms with E-state index in [-0.39, 0.29) is 0 Å². The number of benzene rings is 2. The summed E-state index contributed by atoms with van der Waals surface area (Å²) in [4.78, 5) is 39.8. The number of sulfonamides is 1. The van der Waals surface area contributed by atoms with Crippen LogP contribution in [0.3, 0.4) is 0 Å². The van der Waals surface area contributed by atoms with Gasteiger partial charge in [0.1, 0.15) is 18.8 Å². The second-order valence-electron chi connectivity index (χ2n) is 8.66. The molecule has 1 atom stereocenters. The fourth-order valence-corrected chi connectivity index (χ4v) is 5.47. The van der Waals surface area contributed by atoms with Gasteiger partial charge in [-0.25, -0.2) is 13.2 Å². The Morgan fingerprint density at radius 2 is 1.82 bits per heavy atom. The molecule has 0 bridgehead atoms. The van der Waals surface area contributed by atoms with Gasteiger partial charge in [-0.05, 0) is 54.8 Å². The van der Waals surface area contributed by atoms with Gasteiger partial charge >= 0.3 is 6.03 Å². The molecule has 11 heteroatoms. The first-order valence-electron chi connectivity index (χ1n) is 10.8. The molecule has 5 rings (SSSR count). The lowest BCUT2D eigenvalue weighted by atomic mass is 9.91. The summed E-state index contributed by atoms with van der Waals surface area (Å²) in [5.41, 5.74) is 0.738. The molecule has 3 aliphatic rings. The highest BCUT2D eigenvalue weighted by molar-refractivity contribution is 7.92. The third kappa shape index (κ3) is 3.56. The van der Waals surface area contributed by atoms with E-state index in [4.69, 9.17) is 9.47 Å². The Kier molecular flexibility index (Phi) is 5.05. The van der Waals surface area contributed by atoms with Crippen LogP contribution in [0.25, 0.3) is 0 Å². The molecule has 1 fully saturated rings. The van der Waals surface area contributed by atoms with Crippen LogP contribution in [0, 0.1) is 0 Å². The maximum absolute atomic E-state index is 13.3. The number of carbonyl (C=O) groups is 3. The van der Waals surface area contributed by atoms with Crippen LogP contribution >= 0.6 is 0 Å². The van der Waals surface area contributed by atoms with Gasteiger partial charge in [0.15, 0.2) is 17.3 Å². The molecule has 0 unspecified atom stereocenters. The third-order valence-corrected chi connectivity index (χ3v) is 7.53. The molecule has 0 spiro atoms. The van der Waals surface area contributed by atoms with E-state index in [2.05, 4.69) is 5.32 Å². The summed E-state index contributed by atoms with van der Waals surface area (Å²) in [5, 5.41) is 2.69. The second kappa shape index (κ2) is 7.73. The van der Waals surface area contributed by atoms with Crippen molar-refractivity contribution in [1.82, 2.24) is 10.2 Å². The predicted molar refractivity (Wildman–Crippen MR) is 122 cm³/mol. The molecule has 1 N–H and O–H groups in total. The molecule has 0 aliphatic carbocycles. The molecule has 3 amide bonds. The van der Waals surface area contributed by atoms with E-state index < -0.39 is 39.8 Å². The van der Waals surface area contributed by atoms with Crippen LogP contribution in [0.1, 0.15) is 28.4 Å². The molecule has 34 heavy (non-hydrogen) atoms. The molecule has 0 aromatic heterocycles. The number of anilines is 1. The lowest BCUT2D eigenvalue weighted by Crippen LogP contribution is -2.41. The zero-order valence-corrected chi connectivity index (χ0v) is 19.5. The zero-order chi connectivity index (χ0) is 24.3. The fraction of sp³-hybridized carbons (Fsp3) is 0.348. The molecule has 1 saturated heterocycles. The quantitative estimate of drug-likeness (QED) is 0.502. The number of fused-ring (bicyclic) bond motifs is 2. The highest BCUT2D eigenvalue weighted by atomic mass is 32.2. The first kappa shape index (κ1) is 22.2. The van der Waals surface area contributed by atoms with E-state index in [1.165, 1.54) is 10.4 Å². The summed E-state index contributed by atoms with van der Waals surface area (Å²) in [5.74, 6) is 0.0822. The SMILES string of the molecule is C[C@]1(c2ccc3c(c2)OCCO3)NC(=O)N(CC(=O)c2ccc3c(c2)CCN3S(C)(=O)=O)C1=O. The van der Waals surface area contributed by atoms with Gasteiger partial charge in [-0.15, -0.1) is 0 Å². The van der Waals surface area contributed by atoms with Crippen LogP contribution < -0.4 is 19.1 Å². The van der Waals surface area contributed by atoms with E-state index >= 15 is 0 Å². The number of Topliss-reactive ketones (excluding diaryl/α,β-unsaturated/α-hetero) is 1. The van der Waals surface area contributed by atoms with E-state index in [0.717, 1.165) is 16.7 Å². The highest BCUT2D eigenvalue weighted by Crippen LogP contribution is 2.37. The largest absolute Gasteiger partial charge is 0.486 e. The maximum Gasteiger partial charge on any atom is 0.325 e. The van der Waals surface area contributed by atoms with Gasteiger partial charge in [-0.2, -0.15) is 0 Å². The zero-order valence-electron chi connectivity index (χ0n) is 18.7. The van der Waals surface area contributed by atoms with Gasteiger partial charge in [-0.1, -0.05) is 6.07 Å². The minimum atomic E-state index is -3.40. The number of carbonyl (C=O) groups excluding carboxylic acids is 3. The van der Waals surface area contributed by atoms with Crippen LogP contribution in [0.4, 0.5) is 10.5 Å². The predicted octanol–water partition coefficient (Wildman–Crippen LogP) is 1.43. The Morgan fingerprint density at radius 1 is 1.09 bits per heavy atom. The number of ketones is 1. The number of urea groups is 1. The monoisotopic (exact) mass is 485 g/mol. The Morgan fingerprint density at radius 3 is 2.56 bits per heavy atom. The molecule has 0 radical (unpaired) electrons. The Hall–Kier alpha value is -3.60. The molecule has 10 nitrogen and oxygen atoms in total. The second-order valence-corrected chi connectivity index (χ2v) is 10.6. The van der Waals surface area contributed by atoms with Crippen molar-refractivity contribution in [2.24, 2.45) is 0 Å². The smallest absolute Gasteiger partial charge is 0.325 e. The van der Waals surface area contributed by atoms with Gasteiger partial charge in [0, 0.05) is 12.1 Å². The van der Waals surface area contributed by atoms with Crippen molar-refractivity contribution in [2.75, 3.05) is 36.9 Å². The molecule has 0 saturated carbocycles. The van der Waals surface area contributed by atoms with E-state index in [0.29, 0.717) is 54.5 Å². The Labute approximate surface area is 196 Å². The minimum Gasteiger partial charge on any atom is -0.486 e. The standard InChI is InChI=1S/C23H23N3O7S/c1-23(16-4-6-19-20(12-16)33-10-9-32-19)21(28)25(22(29)24-23)13-18(27)15-3-5-17-14(11-15)7-8-26(17)34(2,30)31/h3-6,11-12H,7-10,13H2,1-2H3,(H,24,29)/t23-/m1/s1. The lowest BCUT2D eigenvalue weighted by Gasteiger charge is -2.25. The van der Waals surface area contributed by atoms with E-state index in [9.17, 15) is 22.8 Å². The van der Waals surface area contributed by atoms with Crippen molar-refractivity contribution in [2.45, 2.75) is 18.9 Å². The Balaban J connectivity index is 1.36. The number of imide groups is 1. The average molecular weight is 486 g/mol. The molecule has 3 aliphatic heterocycles. The average Bonchev–Trinajstić information content (AvgIpc) is 3.33. The minimum absolute atomic E-state index is 0.308. The summed E-state index contributed by atoms with van der Waals surface area (Å²) in [6, 6.07) is 9.09. The summed E-state index contributed by atoms with van der Waals surface area (Å²) >= 11 is 0. The van der Waals surface area contributed by atoms with Crippen LogP contribution in [0.2, 0.25) is 0 Å². The summed E-state index contributed by atoms with van der Waals surface area (Å²) in [7, 11) is -3.40. The van der Waals surface area contributed by atoms with Crippen molar-refractivity contribution in [3.05, 3.63) is 53.1 Å². The third-order valence-electron chi connectivity index (χ3n) is 6.35.